The number of carbonyl (C=O) groups is 1. The Morgan fingerprint density at radius 1 is 1.16 bits per heavy atom. The quantitative estimate of drug-likeness (QED) is 0.521. The first kappa shape index (κ1) is 26.1. The van der Waals surface area contributed by atoms with Gasteiger partial charge in [-0.05, 0) is 104 Å². The van der Waals surface area contributed by atoms with Crippen molar-refractivity contribution in [3.63, 3.8) is 0 Å². The van der Waals surface area contributed by atoms with Gasteiger partial charge in [-0.2, -0.15) is 0 Å². The molecule has 6 rings (SSSR count). The number of nitrogens with zero attached hydrogens (tertiary/aromatic N) is 2. The van der Waals surface area contributed by atoms with E-state index in [-0.39, 0.29) is 28.6 Å². The molecule has 4 aliphatic carbocycles. The van der Waals surface area contributed by atoms with E-state index in [2.05, 4.69) is 24.8 Å². The Hall–Kier alpha value is -2.12. The van der Waals surface area contributed by atoms with E-state index in [1.165, 1.54) is 25.7 Å². The first-order chi connectivity index (χ1) is 18.2. The molecule has 7 heteroatoms. The number of hydrogen-bond donors (Lipinski definition) is 2. The molecule has 2 N–H and O–H groups in total. The normalized spacial score (nSPS) is 40.7. The summed E-state index contributed by atoms with van der Waals surface area (Å²) in [5.41, 5.74) is 2.90. The number of aliphatic hydroxyl groups is 1. The van der Waals surface area contributed by atoms with E-state index >= 15 is 0 Å². The van der Waals surface area contributed by atoms with Crippen molar-refractivity contribution in [2.24, 2.45) is 28.6 Å². The average Bonchev–Trinajstić information content (AvgIpc) is 3.47. The minimum atomic E-state index is -0.792. The summed E-state index contributed by atoms with van der Waals surface area (Å²) in [6.45, 7) is 7.73. The predicted octanol–water partition coefficient (Wildman–Crippen LogP) is 5.10. The van der Waals surface area contributed by atoms with Crippen LogP contribution < -0.4 is 5.63 Å². The van der Waals surface area contributed by atoms with Crippen molar-refractivity contribution in [3.05, 3.63) is 46.0 Å². The van der Waals surface area contributed by atoms with E-state index in [0.29, 0.717) is 43.3 Å². The molecular weight excluding hydrogens is 480 g/mol. The number of likely N-dealkylation sites (tertiary alicyclic amines) is 1. The number of allylic oxidation sites excluding steroid dienone is 2. The lowest BCUT2D eigenvalue weighted by molar-refractivity contribution is -0.0707. The van der Waals surface area contributed by atoms with Gasteiger partial charge in [0.2, 0.25) is 0 Å². The second-order valence-corrected chi connectivity index (χ2v) is 13.4. The molecule has 38 heavy (non-hydrogen) atoms. The van der Waals surface area contributed by atoms with E-state index in [9.17, 15) is 19.8 Å². The molecule has 0 spiro atoms. The number of hydrogen-bond acceptors (Lipinski definition) is 5. The van der Waals surface area contributed by atoms with Crippen LogP contribution in [0.1, 0.15) is 83.1 Å². The van der Waals surface area contributed by atoms with E-state index in [0.717, 1.165) is 44.2 Å². The van der Waals surface area contributed by atoms with Crippen molar-refractivity contribution in [2.45, 2.75) is 89.7 Å². The molecule has 2 heterocycles. The largest absolute Gasteiger partial charge is 0.465 e. The lowest BCUT2D eigenvalue weighted by Gasteiger charge is -2.60. The number of aliphatic hydroxyl groups excluding tert-OH is 1. The maximum atomic E-state index is 12.3. The van der Waals surface area contributed by atoms with Crippen molar-refractivity contribution in [2.75, 3.05) is 26.2 Å². The van der Waals surface area contributed by atoms with Crippen LogP contribution in [0.15, 0.2) is 39.3 Å². The third-order valence-electron chi connectivity index (χ3n) is 11.8. The van der Waals surface area contributed by atoms with Crippen LogP contribution >= 0.6 is 0 Å². The van der Waals surface area contributed by atoms with Gasteiger partial charge in [-0.15, -0.1) is 0 Å². The molecule has 3 saturated carbocycles. The van der Waals surface area contributed by atoms with Crippen LogP contribution in [-0.2, 0) is 0 Å². The van der Waals surface area contributed by atoms with Crippen LogP contribution in [0.25, 0.3) is 0 Å². The fraction of sp³-hybridized carbons (Fsp3) is 0.742. The van der Waals surface area contributed by atoms with Gasteiger partial charge >= 0.3 is 11.7 Å². The molecule has 5 aliphatic rings. The van der Waals surface area contributed by atoms with Gasteiger partial charge in [0.1, 0.15) is 0 Å². The molecule has 1 saturated heterocycles. The minimum Gasteiger partial charge on any atom is -0.465 e. The van der Waals surface area contributed by atoms with Crippen molar-refractivity contribution in [3.8, 4) is 0 Å². The molecule has 1 aliphatic heterocycles. The maximum Gasteiger partial charge on any atom is 0.407 e. The second kappa shape index (κ2) is 9.81. The molecule has 0 aromatic carbocycles. The maximum absolute atomic E-state index is 12.3. The van der Waals surface area contributed by atoms with Crippen LogP contribution in [-0.4, -0.2) is 64.4 Å². The summed E-state index contributed by atoms with van der Waals surface area (Å²) >= 11 is 0. The smallest absolute Gasteiger partial charge is 0.407 e. The van der Waals surface area contributed by atoms with Crippen molar-refractivity contribution in [1.29, 1.82) is 0 Å². The highest BCUT2D eigenvalue weighted by molar-refractivity contribution is 5.65. The molecule has 1 aromatic rings. The highest BCUT2D eigenvalue weighted by Crippen LogP contribution is 2.67. The van der Waals surface area contributed by atoms with Gasteiger partial charge in [-0.25, -0.2) is 9.59 Å². The zero-order valence-corrected chi connectivity index (χ0v) is 23.0. The molecule has 8 atom stereocenters. The fourth-order valence-corrected chi connectivity index (χ4v) is 9.62. The molecule has 1 amide bonds. The van der Waals surface area contributed by atoms with Crippen molar-refractivity contribution < 1.29 is 19.4 Å². The Kier molecular flexibility index (Phi) is 6.74. The monoisotopic (exact) mass is 524 g/mol. The number of β-amino-alcohol motifs (C(OH)–C–C–N with tert-alkyl or cyclic N) is 1. The Labute approximate surface area is 225 Å². The van der Waals surface area contributed by atoms with Crippen LogP contribution in [0.5, 0.6) is 0 Å². The molecule has 1 unspecified atom stereocenters. The average molecular weight is 525 g/mol. The summed E-state index contributed by atoms with van der Waals surface area (Å²) in [4.78, 5) is 27.7. The summed E-state index contributed by atoms with van der Waals surface area (Å²) in [5, 5.41) is 19.9. The Bertz CT molecular complexity index is 1130. The van der Waals surface area contributed by atoms with Gasteiger partial charge in [0.25, 0.3) is 0 Å². The fourth-order valence-electron chi connectivity index (χ4n) is 9.62. The SMILES string of the molecule is C[C@]12CCC(N(CCN3CC[C@@H](O)C3)C(=O)O)C[C@H]1CC[C@H]1C3=CC[C@H](c4ccc(=O)oc4)[C@@]3(C)CC[C@@H]12. The third-order valence-corrected chi connectivity index (χ3v) is 11.8. The standard InChI is InChI=1S/C31H44N2O5/c1-30-12-9-22(33(29(36)37)16-15-32-14-11-23(34)18-32)17-21(30)4-5-24-26-7-6-25(20-3-8-28(35)38-19-20)31(26,2)13-10-27(24)30/h3,7-8,19,21-25,27,34H,4-6,9-18H2,1-2H3,(H,36,37)/t21-,22?,23-,24+,25-,27+,30+,31-/m1/s1. The van der Waals surface area contributed by atoms with E-state index in [1.54, 1.807) is 22.8 Å². The molecule has 4 fully saturated rings. The summed E-state index contributed by atoms with van der Waals surface area (Å²) in [5.74, 6) is 2.23. The van der Waals surface area contributed by atoms with Crippen molar-refractivity contribution in [1.82, 2.24) is 9.80 Å². The highest BCUT2D eigenvalue weighted by atomic mass is 16.4. The zero-order valence-electron chi connectivity index (χ0n) is 23.0. The molecule has 7 nitrogen and oxygen atoms in total. The van der Waals surface area contributed by atoms with Gasteiger partial charge in [0, 0.05) is 38.3 Å². The Morgan fingerprint density at radius 3 is 2.71 bits per heavy atom. The van der Waals surface area contributed by atoms with Crippen LogP contribution in [0.2, 0.25) is 0 Å². The van der Waals surface area contributed by atoms with Crippen LogP contribution in [0.4, 0.5) is 4.79 Å². The Balaban J connectivity index is 1.14. The summed E-state index contributed by atoms with van der Waals surface area (Å²) in [6, 6.07) is 3.62. The lowest BCUT2D eigenvalue weighted by Crippen LogP contribution is -2.55. The molecule has 0 bridgehead atoms. The second-order valence-electron chi connectivity index (χ2n) is 13.4. The molecular formula is C31H44N2O5. The molecule has 208 valence electrons. The highest BCUT2D eigenvalue weighted by Gasteiger charge is 2.58. The first-order valence-corrected chi connectivity index (χ1v) is 14.9. The minimum absolute atomic E-state index is 0.103. The van der Waals surface area contributed by atoms with Crippen LogP contribution in [0, 0.1) is 28.6 Å². The van der Waals surface area contributed by atoms with Crippen molar-refractivity contribution >= 4 is 6.09 Å². The van der Waals surface area contributed by atoms with E-state index < -0.39 is 6.09 Å². The van der Waals surface area contributed by atoms with Gasteiger partial charge in [0.05, 0.1) is 12.4 Å². The summed E-state index contributed by atoms with van der Waals surface area (Å²) in [6.07, 6.45) is 12.8. The topological polar surface area (TPSA) is 94.2 Å². The number of fused-ring (bicyclic) bond motifs is 5. The van der Waals surface area contributed by atoms with Gasteiger partial charge in [-0.3, -0.25) is 4.90 Å². The van der Waals surface area contributed by atoms with Gasteiger partial charge in [0.15, 0.2) is 0 Å². The number of rotatable bonds is 5. The first-order valence-electron chi connectivity index (χ1n) is 14.9. The third kappa shape index (κ3) is 4.34. The summed E-state index contributed by atoms with van der Waals surface area (Å²) < 4.78 is 5.25. The molecule has 1 aromatic heterocycles. The van der Waals surface area contributed by atoms with Crippen LogP contribution in [0.3, 0.4) is 0 Å². The number of amides is 1. The lowest BCUT2D eigenvalue weighted by atomic mass is 9.45. The van der Waals surface area contributed by atoms with E-state index in [1.807, 2.05) is 6.07 Å². The summed E-state index contributed by atoms with van der Waals surface area (Å²) in [7, 11) is 0. The predicted molar refractivity (Wildman–Crippen MR) is 145 cm³/mol. The zero-order chi connectivity index (χ0) is 26.7. The van der Waals surface area contributed by atoms with E-state index in [4.69, 9.17) is 4.42 Å². The number of carboxylic acid groups (broad SMARTS) is 1. The van der Waals surface area contributed by atoms with Gasteiger partial charge in [-0.1, -0.05) is 25.5 Å². The Morgan fingerprint density at radius 2 is 2.00 bits per heavy atom. The van der Waals surface area contributed by atoms with Gasteiger partial charge < -0.3 is 19.5 Å². The molecule has 0 radical (unpaired) electrons.